The molecule has 3 aromatic rings. The van der Waals surface area contributed by atoms with E-state index in [-0.39, 0.29) is 6.61 Å². The summed E-state index contributed by atoms with van der Waals surface area (Å²) in [4.78, 5) is 8.71. The standard InChI is InChI=1S/C21H20N4O2/c1-27-19-8-13(4-5-23-19)10-24-20-16(12-26)11-25-21-17(15-2-3-15)6-14(9-22)7-18(20)21/h4-8,11,15,26H,2-3,10,12H2,1H3,(H,24,25). The van der Waals surface area contributed by atoms with Crippen molar-refractivity contribution in [2.45, 2.75) is 31.9 Å². The van der Waals surface area contributed by atoms with Crippen LogP contribution in [-0.2, 0) is 13.2 Å². The fourth-order valence-corrected chi connectivity index (χ4v) is 3.33. The van der Waals surface area contributed by atoms with E-state index >= 15 is 0 Å². The highest BCUT2D eigenvalue weighted by Crippen LogP contribution is 2.44. The van der Waals surface area contributed by atoms with Gasteiger partial charge in [0.1, 0.15) is 0 Å². The average molecular weight is 360 g/mol. The van der Waals surface area contributed by atoms with Crippen LogP contribution in [0.2, 0.25) is 0 Å². The van der Waals surface area contributed by atoms with Gasteiger partial charge in [0.2, 0.25) is 5.88 Å². The molecular weight excluding hydrogens is 340 g/mol. The zero-order valence-electron chi connectivity index (χ0n) is 15.1. The van der Waals surface area contributed by atoms with E-state index in [9.17, 15) is 10.4 Å². The Kier molecular flexibility index (Phi) is 4.61. The third-order valence-corrected chi connectivity index (χ3v) is 4.87. The van der Waals surface area contributed by atoms with Gasteiger partial charge in [-0.3, -0.25) is 4.98 Å². The lowest BCUT2D eigenvalue weighted by molar-refractivity contribution is 0.282. The van der Waals surface area contributed by atoms with Gasteiger partial charge in [-0.1, -0.05) is 0 Å². The first-order valence-electron chi connectivity index (χ1n) is 8.92. The summed E-state index contributed by atoms with van der Waals surface area (Å²) >= 11 is 0. The maximum absolute atomic E-state index is 9.80. The highest BCUT2D eigenvalue weighted by molar-refractivity contribution is 5.96. The van der Waals surface area contributed by atoms with Gasteiger partial charge in [0.25, 0.3) is 0 Å². The average Bonchev–Trinajstić information content (AvgIpc) is 3.56. The van der Waals surface area contributed by atoms with E-state index in [0.29, 0.717) is 29.5 Å². The number of aliphatic hydroxyl groups excluding tert-OH is 1. The van der Waals surface area contributed by atoms with Crippen molar-refractivity contribution >= 4 is 16.6 Å². The van der Waals surface area contributed by atoms with Gasteiger partial charge < -0.3 is 15.2 Å². The third kappa shape index (κ3) is 3.42. The minimum Gasteiger partial charge on any atom is -0.481 e. The van der Waals surface area contributed by atoms with Crippen molar-refractivity contribution in [3.05, 3.63) is 58.9 Å². The summed E-state index contributed by atoms with van der Waals surface area (Å²) in [5.74, 6) is 1.03. The Bertz CT molecular complexity index is 1040. The Morgan fingerprint density at radius 3 is 2.85 bits per heavy atom. The number of fused-ring (bicyclic) bond motifs is 1. The van der Waals surface area contributed by atoms with E-state index in [1.54, 1.807) is 19.5 Å². The van der Waals surface area contributed by atoms with Gasteiger partial charge in [-0.25, -0.2) is 4.98 Å². The van der Waals surface area contributed by atoms with Crippen LogP contribution < -0.4 is 10.1 Å². The molecule has 6 heteroatoms. The van der Waals surface area contributed by atoms with Crippen LogP contribution in [0.1, 0.15) is 41.0 Å². The quantitative estimate of drug-likeness (QED) is 0.699. The lowest BCUT2D eigenvalue weighted by Crippen LogP contribution is -2.06. The molecule has 1 aliphatic carbocycles. The van der Waals surface area contributed by atoms with Gasteiger partial charge in [-0.2, -0.15) is 5.26 Å². The fourth-order valence-electron chi connectivity index (χ4n) is 3.33. The maximum Gasteiger partial charge on any atom is 0.213 e. The Morgan fingerprint density at radius 2 is 2.15 bits per heavy atom. The molecule has 0 aliphatic heterocycles. The van der Waals surface area contributed by atoms with E-state index in [2.05, 4.69) is 21.4 Å². The summed E-state index contributed by atoms with van der Waals surface area (Å²) in [5, 5.41) is 23.5. The smallest absolute Gasteiger partial charge is 0.213 e. The molecule has 2 aromatic heterocycles. The number of hydrogen-bond acceptors (Lipinski definition) is 6. The first-order chi connectivity index (χ1) is 13.2. The van der Waals surface area contributed by atoms with Crippen LogP contribution >= 0.6 is 0 Å². The number of aliphatic hydroxyl groups is 1. The zero-order chi connectivity index (χ0) is 18.8. The Morgan fingerprint density at radius 1 is 1.30 bits per heavy atom. The van der Waals surface area contributed by atoms with Gasteiger partial charge in [0.05, 0.1) is 36.6 Å². The van der Waals surface area contributed by atoms with E-state index in [4.69, 9.17) is 4.74 Å². The molecule has 27 heavy (non-hydrogen) atoms. The summed E-state index contributed by atoms with van der Waals surface area (Å²) < 4.78 is 5.18. The molecule has 0 bridgehead atoms. The van der Waals surface area contributed by atoms with Crippen molar-refractivity contribution < 1.29 is 9.84 Å². The molecule has 6 nitrogen and oxygen atoms in total. The van der Waals surface area contributed by atoms with Crippen molar-refractivity contribution in [2.75, 3.05) is 12.4 Å². The molecule has 1 aromatic carbocycles. The van der Waals surface area contributed by atoms with Crippen LogP contribution in [0.4, 0.5) is 5.69 Å². The molecular formula is C21H20N4O2. The minimum atomic E-state index is -0.125. The minimum absolute atomic E-state index is 0.125. The highest BCUT2D eigenvalue weighted by Gasteiger charge is 2.27. The maximum atomic E-state index is 9.80. The van der Waals surface area contributed by atoms with Gasteiger partial charge in [-0.15, -0.1) is 0 Å². The summed E-state index contributed by atoms with van der Waals surface area (Å²) in [6.07, 6.45) is 5.68. The molecule has 2 N–H and O–H groups in total. The summed E-state index contributed by atoms with van der Waals surface area (Å²) in [6, 6.07) is 9.83. The number of methoxy groups -OCH3 is 1. The highest BCUT2D eigenvalue weighted by atomic mass is 16.5. The predicted octanol–water partition coefficient (Wildman–Crippen LogP) is 3.49. The SMILES string of the molecule is COc1cc(CNc2c(CO)cnc3c(C4CC4)cc(C#N)cc23)ccn1. The monoisotopic (exact) mass is 360 g/mol. The number of hydrogen-bond donors (Lipinski definition) is 2. The Balaban J connectivity index is 1.77. The van der Waals surface area contributed by atoms with Crippen LogP contribution in [0.15, 0.2) is 36.7 Å². The van der Waals surface area contributed by atoms with E-state index < -0.39 is 0 Å². The zero-order valence-corrected chi connectivity index (χ0v) is 15.1. The molecule has 0 unspecified atom stereocenters. The van der Waals surface area contributed by atoms with Crippen LogP contribution in [0.5, 0.6) is 5.88 Å². The molecule has 4 rings (SSSR count). The van der Waals surface area contributed by atoms with Gasteiger partial charge >= 0.3 is 0 Å². The van der Waals surface area contributed by atoms with Gasteiger partial charge in [-0.05, 0) is 48.1 Å². The second kappa shape index (κ2) is 7.22. The van der Waals surface area contributed by atoms with Gasteiger partial charge in [0.15, 0.2) is 0 Å². The number of nitriles is 1. The van der Waals surface area contributed by atoms with Crippen molar-refractivity contribution in [3.8, 4) is 11.9 Å². The second-order valence-corrected chi connectivity index (χ2v) is 6.72. The number of ether oxygens (including phenoxy) is 1. The molecule has 1 fully saturated rings. The number of anilines is 1. The largest absolute Gasteiger partial charge is 0.481 e. The van der Waals surface area contributed by atoms with Crippen molar-refractivity contribution in [1.82, 2.24) is 9.97 Å². The number of nitrogens with zero attached hydrogens (tertiary/aromatic N) is 3. The summed E-state index contributed by atoms with van der Waals surface area (Å²) in [6.45, 7) is 0.418. The topological polar surface area (TPSA) is 91.1 Å². The molecule has 136 valence electrons. The third-order valence-electron chi connectivity index (χ3n) is 4.87. The van der Waals surface area contributed by atoms with Gasteiger partial charge in [0, 0.05) is 36.0 Å². The lowest BCUT2D eigenvalue weighted by atomic mass is 9.99. The Hall–Kier alpha value is -3.17. The number of nitrogens with one attached hydrogen (secondary N) is 1. The number of pyridine rings is 2. The van der Waals surface area contributed by atoms with Crippen molar-refractivity contribution in [1.29, 1.82) is 5.26 Å². The first kappa shape index (κ1) is 17.3. The molecule has 0 amide bonds. The summed E-state index contributed by atoms with van der Waals surface area (Å²) in [7, 11) is 1.59. The molecule has 0 atom stereocenters. The molecule has 1 aliphatic rings. The van der Waals surface area contributed by atoms with Crippen LogP contribution in [0.3, 0.4) is 0 Å². The van der Waals surface area contributed by atoms with Crippen molar-refractivity contribution in [2.24, 2.45) is 0 Å². The first-order valence-corrected chi connectivity index (χ1v) is 8.92. The van der Waals surface area contributed by atoms with Crippen LogP contribution in [-0.4, -0.2) is 22.2 Å². The van der Waals surface area contributed by atoms with Crippen molar-refractivity contribution in [3.63, 3.8) is 0 Å². The molecule has 0 radical (unpaired) electrons. The number of aromatic nitrogens is 2. The molecule has 1 saturated carbocycles. The molecule has 2 heterocycles. The van der Waals surface area contributed by atoms with E-state index in [1.165, 1.54) is 0 Å². The fraction of sp³-hybridized carbons (Fsp3) is 0.286. The lowest BCUT2D eigenvalue weighted by Gasteiger charge is -2.16. The van der Waals surface area contributed by atoms with Crippen LogP contribution in [0.25, 0.3) is 10.9 Å². The molecule has 0 saturated heterocycles. The normalized spacial score (nSPS) is 13.4. The van der Waals surface area contributed by atoms with E-state index in [1.807, 2.05) is 24.3 Å². The molecule has 0 spiro atoms. The van der Waals surface area contributed by atoms with Crippen LogP contribution in [0, 0.1) is 11.3 Å². The number of benzene rings is 1. The number of rotatable bonds is 6. The predicted molar refractivity (Wildman–Crippen MR) is 102 cm³/mol. The summed E-state index contributed by atoms with van der Waals surface area (Å²) in [5.41, 5.74) is 5.19. The second-order valence-electron chi connectivity index (χ2n) is 6.72. The van der Waals surface area contributed by atoms with E-state index in [0.717, 1.165) is 40.6 Å². The Labute approximate surface area is 157 Å².